The first-order chi connectivity index (χ1) is 6.70. The van der Waals surface area contributed by atoms with Crippen molar-refractivity contribution in [2.45, 2.75) is 12.5 Å². The maximum Gasteiger partial charge on any atom is 0.238 e. The van der Waals surface area contributed by atoms with E-state index in [1.54, 1.807) is 11.8 Å². The Morgan fingerprint density at radius 2 is 2.36 bits per heavy atom. The van der Waals surface area contributed by atoms with Crippen LogP contribution in [0.5, 0.6) is 0 Å². The lowest BCUT2D eigenvalue weighted by atomic mass is 10.3. The molecule has 1 rings (SSSR count). The van der Waals surface area contributed by atoms with Crippen molar-refractivity contribution in [2.75, 3.05) is 24.6 Å². The fourth-order valence-electron chi connectivity index (χ4n) is 1.17. The molecule has 6 heteroatoms. The molecule has 2 amide bonds. The van der Waals surface area contributed by atoms with Crippen LogP contribution in [0.2, 0.25) is 0 Å². The lowest BCUT2D eigenvalue weighted by Crippen LogP contribution is -2.49. The summed E-state index contributed by atoms with van der Waals surface area (Å²) in [6.07, 6.45) is 0.200. The van der Waals surface area contributed by atoms with Gasteiger partial charge in [-0.1, -0.05) is 0 Å². The number of carbonyl (C=O) groups excluding carboxylic acids is 2. The lowest BCUT2D eigenvalue weighted by molar-refractivity contribution is -0.122. The molecule has 14 heavy (non-hydrogen) atoms. The Hall–Kier alpha value is -0.750. The summed E-state index contributed by atoms with van der Waals surface area (Å²) in [5.74, 6) is 1.41. The third-order valence-electron chi connectivity index (χ3n) is 1.91. The second kappa shape index (κ2) is 5.87. The van der Waals surface area contributed by atoms with Crippen LogP contribution in [0.15, 0.2) is 0 Å². The van der Waals surface area contributed by atoms with E-state index in [0.29, 0.717) is 6.54 Å². The number of nitrogens with one attached hydrogen (secondary N) is 2. The maximum absolute atomic E-state index is 11.4. The Morgan fingerprint density at radius 1 is 1.57 bits per heavy atom. The average Bonchev–Trinajstić information content (AvgIpc) is 2.18. The van der Waals surface area contributed by atoms with E-state index in [-0.39, 0.29) is 18.4 Å². The zero-order valence-electron chi connectivity index (χ0n) is 7.91. The van der Waals surface area contributed by atoms with E-state index in [1.807, 2.05) is 0 Å². The molecule has 0 aromatic heterocycles. The number of nitrogens with two attached hydrogens (primary N) is 1. The second-order valence-corrected chi connectivity index (χ2v) is 4.24. The van der Waals surface area contributed by atoms with Gasteiger partial charge in [-0.25, -0.2) is 0 Å². The van der Waals surface area contributed by atoms with Crippen molar-refractivity contribution in [3.63, 3.8) is 0 Å². The van der Waals surface area contributed by atoms with Crippen molar-refractivity contribution in [3.05, 3.63) is 0 Å². The van der Waals surface area contributed by atoms with E-state index >= 15 is 0 Å². The topological polar surface area (TPSA) is 84.2 Å². The van der Waals surface area contributed by atoms with E-state index < -0.39 is 5.91 Å². The van der Waals surface area contributed by atoms with E-state index in [4.69, 9.17) is 5.73 Å². The summed E-state index contributed by atoms with van der Waals surface area (Å²) in [6.45, 7) is 1.19. The van der Waals surface area contributed by atoms with Gasteiger partial charge in [-0.15, -0.1) is 0 Å². The molecule has 1 atom stereocenters. The summed E-state index contributed by atoms with van der Waals surface area (Å²) < 4.78 is 0. The minimum Gasteiger partial charge on any atom is -0.370 e. The fourth-order valence-corrected chi connectivity index (χ4v) is 2.10. The number of hydrogen-bond acceptors (Lipinski definition) is 4. The van der Waals surface area contributed by atoms with Crippen LogP contribution in [0.4, 0.5) is 0 Å². The molecule has 1 aliphatic rings. The molecule has 1 unspecified atom stereocenters. The van der Waals surface area contributed by atoms with Gasteiger partial charge >= 0.3 is 0 Å². The van der Waals surface area contributed by atoms with Gasteiger partial charge in [0.05, 0.1) is 6.04 Å². The van der Waals surface area contributed by atoms with E-state index in [0.717, 1.165) is 18.1 Å². The lowest BCUT2D eigenvalue weighted by Gasteiger charge is -2.21. The highest BCUT2D eigenvalue weighted by atomic mass is 32.2. The SMILES string of the molecule is NC(=O)CCNC(=O)C1CSCCN1. The summed E-state index contributed by atoms with van der Waals surface area (Å²) in [7, 11) is 0. The molecule has 0 aromatic rings. The summed E-state index contributed by atoms with van der Waals surface area (Å²) in [4.78, 5) is 21.8. The molecule has 1 fully saturated rings. The summed E-state index contributed by atoms with van der Waals surface area (Å²) in [6, 6.07) is -0.123. The Labute approximate surface area is 87.2 Å². The number of carbonyl (C=O) groups is 2. The summed E-state index contributed by atoms with van der Waals surface area (Å²) in [5, 5.41) is 5.78. The van der Waals surface area contributed by atoms with Gasteiger partial charge in [-0.2, -0.15) is 11.8 Å². The minimum atomic E-state index is -0.392. The summed E-state index contributed by atoms with van der Waals surface area (Å²) >= 11 is 1.76. The number of primary amides is 1. The highest BCUT2D eigenvalue weighted by Crippen LogP contribution is 2.07. The average molecular weight is 217 g/mol. The molecule has 80 valence electrons. The Balaban J connectivity index is 2.16. The van der Waals surface area contributed by atoms with Crippen LogP contribution >= 0.6 is 11.8 Å². The van der Waals surface area contributed by atoms with E-state index in [9.17, 15) is 9.59 Å². The maximum atomic E-state index is 11.4. The monoisotopic (exact) mass is 217 g/mol. The number of thioether (sulfide) groups is 1. The molecular formula is C8H15N3O2S. The van der Waals surface area contributed by atoms with Gasteiger partial charge in [-0.3, -0.25) is 9.59 Å². The van der Waals surface area contributed by atoms with Crippen molar-refractivity contribution in [2.24, 2.45) is 5.73 Å². The molecule has 5 nitrogen and oxygen atoms in total. The van der Waals surface area contributed by atoms with Crippen LogP contribution < -0.4 is 16.4 Å². The summed E-state index contributed by atoms with van der Waals surface area (Å²) in [5.41, 5.74) is 4.95. The first-order valence-electron chi connectivity index (χ1n) is 4.57. The van der Waals surface area contributed by atoms with Gasteiger partial charge in [0.1, 0.15) is 0 Å². The molecule has 0 aromatic carbocycles. The Kier molecular flexibility index (Phi) is 4.75. The van der Waals surface area contributed by atoms with Gasteiger partial charge in [0, 0.05) is 31.0 Å². The van der Waals surface area contributed by atoms with Gasteiger partial charge < -0.3 is 16.4 Å². The largest absolute Gasteiger partial charge is 0.370 e. The number of amides is 2. The van der Waals surface area contributed by atoms with Crippen molar-refractivity contribution < 1.29 is 9.59 Å². The van der Waals surface area contributed by atoms with Crippen LogP contribution in [0.3, 0.4) is 0 Å². The third-order valence-corrected chi connectivity index (χ3v) is 2.97. The van der Waals surface area contributed by atoms with Gasteiger partial charge in [-0.05, 0) is 0 Å². The number of rotatable bonds is 4. The first kappa shape index (κ1) is 11.3. The molecule has 4 N–H and O–H groups in total. The molecule has 1 aliphatic heterocycles. The standard InChI is InChI=1S/C8H15N3O2S/c9-7(12)1-2-11-8(13)6-5-14-4-3-10-6/h6,10H,1-5H2,(H2,9,12)(H,11,13). The van der Waals surface area contributed by atoms with Crippen molar-refractivity contribution in [1.82, 2.24) is 10.6 Å². The van der Waals surface area contributed by atoms with Gasteiger partial charge in [0.25, 0.3) is 0 Å². The smallest absolute Gasteiger partial charge is 0.238 e. The molecule has 0 spiro atoms. The van der Waals surface area contributed by atoms with Crippen LogP contribution in [-0.2, 0) is 9.59 Å². The van der Waals surface area contributed by atoms with Gasteiger partial charge in [0.15, 0.2) is 0 Å². The first-order valence-corrected chi connectivity index (χ1v) is 5.73. The Morgan fingerprint density at radius 3 is 2.93 bits per heavy atom. The molecule has 1 heterocycles. The fraction of sp³-hybridized carbons (Fsp3) is 0.750. The molecule has 0 radical (unpaired) electrons. The van der Waals surface area contributed by atoms with Crippen molar-refractivity contribution in [1.29, 1.82) is 0 Å². The predicted molar refractivity (Wildman–Crippen MR) is 55.9 cm³/mol. The van der Waals surface area contributed by atoms with Crippen molar-refractivity contribution >= 4 is 23.6 Å². The normalized spacial score (nSPS) is 21.6. The highest BCUT2D eigenvalue weighted by Gasteiger charge is 2.20. The number of hydrogen-bond donors (Lipinski definition) is 3. The molecular weight excluding hydrogens is 202 g/mol. The van der Waals surface area contributed by atoms with Crippen LogP contribution in [-0.4, -0.2) is 42.5 Å². The van der Waals surface area contributed by atoms with Gasteiger partial charge in [0.2, 0.25) is 11.8 Å². The van der Waals surface area contributed by atoms with Crippen molar-refractivity contribution in [3.8, 4) is 0 Å². The molecule has 0 aliphatic carbocycles. The zero-order chi connectivity index (χ0) is 10.4. The highest BCUT2D eigenvalue weighted by molar-refractivity contribution is 7.99. The van der Waals surface area contributed by atoms with Crippen LogP contribution in [0.25, 0.3) is 0 Å². The zero-order valence-corrected chi connectivity index (χ0v) is 8.73. The molecule has 0 saturated carbocycles. The van der Waals surface area contributed by atoms with E-state index in [1.165, 1.54) is 0 Å². The minimum absolute atomic E-state index is 0.0431. The predicted octanol–water partition coefficient (Wildman–Crippen LogP) is -1.32. The molecule has 0 bridgehead atoms. The van der Waals surface area contributed by atoms with Crippen LogP contribution in [0.1, 0.15) is 6.42 Å². The quantitative estimate of drug-likeness (QED) is 0.545. The van der Waals surface area contributed by atoms with Crippen LogP contribution in [0, 0.1) is 0 Å². The Bertz CT molecular complexity index is 217. The third kappa shape index (κ3) is 3.97. The molecule has 1 saturated heterocycles. The second-order valence-electron chi connectivity index (χ2n) is 3.09. The van der Waals surface area contributed by atoms with E-state index in [2.05, 4.69) is 10.6 Å².